The fourth-order valence-electron chi connectivity index (χ4n) is 1.94. The topological polar surface area (TPSA) is 61.4 Å². The first-order valence-electron chi connectivity index (χ1n) is 6.91. The van der Waals surface area contributed by atoms with Gasteiger partial charge in [0.05, 0.1) is 11.7 Å². The second-order valence-corrected chi connectivity index (χ2v) is 4.98. The Morgan fingerprint density at radius 3 is 2.42 bits per heavy atom. The van der Waals surface area contributed by atoms with Crippen LogP contribution >= 0.6 is 0 Å². The van der Waals surface area contributed by atoms with Gasteiger partial charge in [0.1, 0.15) is 5.82 Å². The third-order valence-corrected chi connectivity index (χ3v) is 3.16. The molecule has 0 heterocycles. The Balaban J connectivity index is 1.91. The summed E-state index contributed by atoms with van der Waals surface area (Å²) in [7, 11) is 0. The molecule has 2 aromatic carbocycles. The quantitative estimate of drug-likeness (QED) is 0.742. The molecular weight excluding hydrogens is 328 g/mol. The Morgan fingerprint density at radius 1 is 1.12 bits per heavy atom. The molecule has 0 aromatic heterocycles. The molecule has 2 aromatic rings. The second kappa shape index (κ2) is 7.31. The van der Waals surface area contributed by atoms with Gasteiger partial charge in [0.25, 0.3) is 0 Å². The van der Waals surface area contributed by atoms with Crippen molar-refractivity contribution in [2.45, 2.75) is 12.3 Å². The number of nitrogens with one attached hydrogen (secondary N) is 2. The number of aliphatic hydroxyl groups is 1. The fraction of sp³-hybridized carbons (Fsp3) is 0.188. The van der Waals surface area contributed by atoms with Crippen LogP contribution in [0.25, 0.3) is 0 Å². The molecule has 0 aliphatic rings. The summed E-state index contributed by atoms with van der Waals surface area (Å²) >= 11 is 0. The van der Waals surface area contributed by atoms with Crippen LogP contribution in [-0.2, 0) is 6.18 Å². The highest BCUT2D eigenvalue weighted by Crippen LogP contribution is 2.30. The molecular formula is C16H14F4N2O2. The summed E-state index contributed by atoms with van der Waals surface area (Å²) in [5.74, 6) is -0.457. The summed E-state index contributed by atoms with van der Waals surface area (Å²) in [4.78, 5) is 11.7. The van der Waals surface area contributed by atoms with E-state index in [1.54, 1.807) is 0 Å². The SMILES string of the molecule is O=C(NCC(O)c1cccc(C(F)(F)F)c1)Nc1ccc(F)cc1. The van der Waals surface area contributed by atoms with Crippen LogP contribution < -0.4 is 10.6 Å². The van der Waals surface area contributed by atoms with Gasteiger partial charge in [0.15, 0.2) is 0 Å². The molecule has 0 spiro atoms. The minimum Gasteiger partial charge on any atom is -0.387 e. The maximum absolute atomic E-state index is 12.7. The zero-order valence-electron chi connectivity index (χ0n) is 12.3. The molecule has 0 radical (unpaired) electrons. The molecule has 3 N–H and O–H groups in total. The standard InChI is InChI=1S/C16H14F4N2O2/c17-12-4-6-13(7-5-12)22-15(24)21-9-14(23)10-2-1-3-11(8-10)16(18,19)20/h1-8,14,23H,9H2,(H2,21,22,24). The zero-order chi connectivity index (χ0) is 17.7. The average molecular weight is 342 g/mol. The first-order chi connectivity index (χ1) is 11.3. The van der Waals surface area contributed by atoms with Crippen molar-refractivity contribution in [1.82, 2.24) is 5.32 Å². The molecule has 0 aliphatic carbocycles. The predicted octanol–water partition coefficient (Wildman–Crippen LogP) is 3.70. The highest BCUT2D eigenvalue weighted by atomic mass is 19.4. The Bertz CT molecular complexity index is 702. The summed E-state index contributed by atoms with van der Waals surface area (Å²) in [6.45, 7) is -0.283. The Kier molecular flexibility index (Phi) is 5.40. The molecule has 4 nitrogen and oxygen atoms in total. The van der Waals surface area contributed by atoms with Gasteiger partial charge in [-0.2, -0.15) is 13.2 Å². The number of urea groups is 1. The van der Waals surface area contributed by atoms with E-state index in [1.807, 2.05) is 0 Å². The van der Waals surface area contributed by atoms with E-state index in [0.29, 0.717) is 5.69 Å². The van der Waals surface area contributed by atoms with Crippen molar-refractivity contribution < 1.29 is 27.5 Å². The van der Waals surface area contributed by atoms with Gasteiger partial charge < -0.3 is 15.7 Å². The van der Waals surface area contributed by atoms with Crippen molar-refractivity contribution >= 4 is 11.7 Å². The minimum atomic E-state index is -4.51. The number of rotatable bonds is 4. The van der Waals surface area contributed by atoms with Crippen LogP contribution in [0.5, 0.6) is 0 Å². The van der Waals surface area contributed by atoms with E-state index >= 15 is 0 Å². The van der Waals surface area contributed by atoms with Crippen LogP contribution in [0.1, 0.15) is 17.2 Å². The minimum absolute atomic E-state index is 0.0342. The Morgan fingerprint density at radius 2 is 1.79 bits per heavy atom. The van der Waals surface area contributed by atoms with Gasteiger partial charge in [-0.1, -0.05) is 12.1 Å². The first-order valence-corrected chi connectivity index (χ1v) is 6.91. The number of hydrogen-bond donors (Lipinski definition) is 3. The number of amides is 2. The van der Waals surface area contributed by atoms with Crippen molar-refractivity contribution in [2.24, 2.45) is 0 Å². The third-order valence-electron chi connectivity index (χ3n) is 3.16. The number of carbonyl (C=O) groups is 1. The van der Waals surface area contributed by atoms with Crippen molar-refractivity contribution in [3.63, 3.8) is 0 Å². The number of anilines is 1. The lowest BCUT2D eigenvalue weighted by atomic mass is 10.1. The Hall–Kier alpha value is -2.61. The molecule has 0 fully saturated rings. The second-order valence-electron chi connectivity index (χ2n) is 4.98. The molecule has 1 unspecified atom stereocenters. The van der Waals surface area contributed by atoms with Gasteiger partial charge in [-0.25, -0.2) is 9.18 Å². The molecule has 0 bridgehead atoms. The van der Waals surface area contributed by atoms with E-state index in [1.165, 1.54) is 24.3 Å². The average Bonchev–Trinajstić information content (AvgIpc) is 2.54. The predicted molar refractivity (Wildman–Crippen MR) is 79.8 cm³/mol. The lowest BCUT2D eigenvalue weighted by Gasteiger charge is -2.15. The van der Waals surface area contributed by atoms with Crippen LogP contribution in [0.15, 0.2) is 48.5 Å². The van der Waals surface area contributed by atoms with Crippen LogP contribution in [0, 0.1) is 5.82 Å². The normalized spacial score (nSPS) is 12.5. The summed E-state index contributed by atoms with van der Waals surface area (Å²) in [6.07, 6.45) is -5.81. The fourth-order valence-corrected chi connectivity index (χ4v) is 1.94. The first kappa shape index (κ1) is 17.7. The van der Waals surface area contributed by atoms with Crippen molar-refractivity contribution in [3.05, 3.63) is 65.5 Å². The summed E-state index contributed by atoms with van der Waals surface area (Å²) in [6, 6.07) is 8.57. The monoisotopic (exact) mass is 342 g/mol. The Labute approximate surface area is 135 Å². The maximum atomic E-state index is 12.7. The van der Waals surface area contributed by atoms with Gasteiger partial charge >= 0.3 is 12.2 Å². The van der Waals surface area contributed by atoms with Gasteiger partial charge in [-0.3, -0.25) is 0 Å². The van der Waals surface area contributed by atoms with Crippen molar-refractivity contribution in [2.75, 3.05) is 11.9 Å². The summed E-state index contributed by atoms with van der Waals surface area (Å²) < 4.78 is 50.6. The zero-order valence-corrected chi connectivity index (χ0v) is 12.3. The van der Waals surface area contributed by atoms with Crippen molar-refractivity contribution in [1.29, 1.82) is 0 Å². The highest BCUT2D eigenvalue weighted by Gasteiger charge is 2.30. The summed E-state index contributed by atoms with van der Waals surface area (Å²) in [5.41, 5.74) is -0.510. The number of halogens is 4. The van der Waals surface area contributed by atoms with Gasteiger partial charge in [0, 0.05) is 12.2 Å². The molecule has 2 rings (SSSR count). The van der Waals surface area contributed by atoms with E-state index in [0.717, 1.165) is 24.3 Å². The molecule has 1 atom stereocenters. The van der Waals surface area contributed by atoms with E-state index in [-0.39, 0.29) is 12.1 Å². The van der Waals surface area contributed by atoms with Crippen LogP contribution in [0.3, 0.4) is 0 Å². The maximum Gasteiger partial charge on any atom is 0.416 e. The molecule has 8 heteroatoms. The smallest absolute Gasteiger partial charge is 0.387 e. The molecule has 0 saturated heterocycles. The van der Waals surface area contributed by atoms with Crippen LogP contribution in [0.2, 0.25) is 0 Å². The molecule has 128 valence electrons. The van der Waals surface area contributed by atoms with E-state index in [2.05, 4.69) is 10.6 Å². The van der Waals surface area contributed by atoms with E-state index < -0.39 is 29.7 Å². The molecule has 0 saturated carbocycles. The number of carbonyl (C=O) groups excluding carboxylic acids is 1. The third kappa shape index (κ3) is 4.95. The van der Waals surface area contributed by atoms with Crippen molar-refractivity contribution in [3.8, 4) is 0 Å². The molecule has 0 aliphatic heterocycles. The number of hydrogen-bond acceptors (Lipinski definition) is 2. The van der Waals surface area contributed by atoms with Crippen LogP contribution in [0.4, 0.5) is 28.0 Å². The number of benzene rings is 2. The number of aliphatic hydroxyl groups excluding tert-OH is 1. The molecule has 2 amide bonds. The largest absolute Gasteiger partial charge is 0.416 e. The lowest BCUT2D eigenvalue weighted by molar-refractivity contribution is -0.137. The number of alkyl halides is 3. The van der Waals surface area contributed by atoms with Gasteiger partial charge in [-0.05, 0) is 42.0 Å². The van der Waals surface area contributed by atoms with Gasteiger partial charge in [0.2, 0.25) is 0 Å². The summed E-state index contributed by atoms with van der Waals surface area (Å²) in [5, 5.41) is 14.6. The van der Waals surface area contributed by atoms with Crippen LogP contribution in [-0.4, -0.2) is 17.7 Å². The van der Waals surface area contributed by atoms with E-state index in [4.69, 9.17) is 0 Å². The molecule has 24 heavy (non-hydrogen) atoms. The lowest BCUT2D eigenvalue weighted by Crippen LogP contribution is -2.32. The van der Waals surface area contributed by atoms with E-state index in [9.17, 15) is 27.5 Å². The highest BCUT2D eigenvalue weighted by molar-refractivity contribution is 5.89. The van der Waals surface area contributed by atoms with Gasteiger partial charge in [-0.15, -0.1) is 0 Å².